The Hall–Kier alpha value is -2.40. The molecule has 0 bridgehead atoms. The number of nitrogens with one attached hydrogen (secondary N) is 1. The number of aryl methyl sites for hydroxylation is 1. The van der Waals surface area contributed by atoms with Crippen LogP contribution in [0.15, 0.2) is 42.7 Å². The summed E-state index contributed by atoms with van der Waals surface area (Å²) in [5.41, 5.74) is 2.82. The van der Waals surface area contributed by atoms with Crippen molar-refractivity contribution in [2.24, 2.45) is 0 Å². The number of fused-ring (bicyclic) bond motifs is 1. The highest BCUT2D eigenvalue weighted by atomic mass is 16.5. The van der Waals surface area contributed by atoms with Gasteiger partial charge in [-0.2, -0.15) is 4.98 Å². The van der Waals surface area contributed by atoms with Crippen molar-refractivity contribution >= 4 is 5.65 Å². The van der Waals surface area contributed by atoms with Crippen molar-refractivity contribution < 1.29 is 4.74 Å². The van der Waals surface area contributed by atoms with Crippen LogP contribution < -0.4 is 10.1 Å². The first kappa shape index (κ1) is 12.6. The molecular weight excluding hydrogens is 252 g/mol. The molecule has 0 aliphatic rings. The molecule has 3 aromatic rings. The molecule has 0 radical (unpaired) electrons. The highest BCUT2D eigenvalue weighted by Crippen LogP contribution is 2.25. The molecule has 3 heterocycles. The predicted octanol–water partition coefficient (Wildman–Crippen LogP) is 2.55. The van der Waals surface area contributed by atoms with Gasteiger partial charge in [0.25, 0.3) is 0 Å². The lowest BCUT2D eigenvalue weighted by atomic mass is 10.4. The maximum atomic E-state index is 5.87. The van der Waals surface area contributed by atoms with E-state index in [0.29, 0.717) is 18.2 Å². The van der Waals surface area contributed by atoms with Crippen molar-refractivity contribution in [3.8, 4) is 11.6 Å². The Morgan fingerprint density at radius 2 is 2.15 bits per heavy atom. The summed E-state index contributed by atoms with van der Waals surface area (Å²) >= 11 is 0. The van der Waals surface area contributed by atoms with E-state index in [9.17, 15) is 0 Å². The highest BCUT2D eigenvalue weighted by molar-refractivity contribution is 5.46. The fourth-order valence-electron chi connectivity index (χ4n) is 2.06. The monoisotopic (exact) mass is 268 g/mol. The lowest BCUT2D eigenvalue weighted by Gasteiger charge is -2.06. The first-order valence-corrected chi connectivity index (χ1v) is 6.49. The molecule has 0 saturated heterocycles. The van der Waals surface area contributed by atoms with Crippen molar-refractivity contribution in [3.63, 3.8) is 0 Å². The summed E-state index contributed by atoms with van der Waals surface area (Å²) < 4.78 is 7.89. The largest absolute Gasteiger partial charge is 0.436 e. The van der Waals surface area contributed by atoms with Crippen LogP contribution in [0.5, 0.6) is 11.6 Å². The van der Waals surface area contributed by atoms with E-state index in [-0.39, 0.29) is 0 Å². The van der Waals surface area contributed by atoms with E-state index in [2.05, 4.69) is 15.3 Å². The van der Waals surface area contributed by atoms with Crippen molar-refractivity contribution in [2.75, 3.05) is 7.05 Å². The van der Waals surface area contributed by atoms with E-state index < -0.39 is 0 Å². The molecule has 0 aliphatic carbocycles. The Bertz CT molecular complexity index is 718. The summed E-state index contributed by atoms with van der Waals surface area (Å²) in [7, 11) is 1.90. The number of hydrogen-bond donors (Lipinski definition) is 1. The topological polar surface area (TPSA) is 51.5 Å². The van der Waals surface area contributed by atoms with Crippen LogP contribution in [0.2, 0.25) is 0 Å². The molecule has 20 heavy (non-hydrogen) atoms. The Morgan fingerprint density at radius 1 is 1.25 bits per heavy atom. The lowest BCUT2D eigenvalue weighted by Crippen LogP contribution is -2.08. The Balaban J connectivity index is 2.01. The van der Waals surface area contributed by atoms with Gasteiger partial charge < -0.3 is 10.1 Å². The van der Waals surface area contributed by atoms with E-state index in [1.165, 1.54) is 0 Å². The molecule has 3 aromatic heterocycles. The normalized spacial score (nSPS) is 10.9. The van der Waals surface area contributed by atoms with Crippen LogP contribution >= 0.6 is 0 Å². The third kappa shape index (κ3) is 2.35. The molecule has 0 amide bonds. The van der Waals surface area contributed by atoms with E-state index >= 15 is 0 Å². The predicted molar refractivity (Wildman–Crippen MR) is 77.0 cm³/mol. The summed E-state index contributed by atoms with van der Waals surface area (Å²) in [5, 5.41) is 3.14. The average molecular weight is 268 g/mol. The SMILES string of the molecule is CNCc1c(Oc2ccc(C)nc2)nc2ccccn12. The Kier molecular flexibility index (Phi) is 3.35. The number of aromatic nitrogens is 3. The van der Waals surface area contributed by atoms with Gasteiger partial charge in [-0.3, -0.25) is 9.38 Å². The summed E-state index contributed by atoms with van der Waals surface area (Å²) in [6.07, 6.45) is 3.69. The van der Waals surface area contributed by atoms with Gasteiger partial charge in [0.15, 0.2) is 0 Å². The number of imidazole rings is 1. The van der Waals surface area contributed by atoms with Crippen LogP contribution in [0.25, 0.3) is 5.65 Å². The molecule has 0 atom stereocenters. The maximum Gasteiger partial charge on any atom is 0.242 e. The average Bonchev–Trinajstić information content (AvgIpc) is 2.80. The number of ether oxygens (including phenoxy) is 1. The van der Waals surface area contributed by atoms with Crippen molar-refractivity contribution in [2.45, 2.75) is 13.5 Å². The van der Waals surface area contributed by atoms with E-state index in [0.717, 1.165) is 17.0 Å². The molecule has 102 valence electrons. The standard InChI is InChI=1S/C15H16N4O/c1-11-6-7-12(9-17-11)20-15-13(10-16-2)19-8-4-3-5-14(19)18-15/h3-9,16H,10H2,1-2H3. The number of pyridine rings is 2. The van der Waals surface area contributed by atoms with Gasteiger partial charge in [-0.15, -0.1) is 0 Å². The summed E-state index contributed by atoms with van der Waals surface area (Å²) in [5.74, 6) is 1.30. The Labute approximate surface area is 117 Å². The molecule has 0 fully saturated rings. The molecule has 0 aliphatic heterocycles. The first-order valence-electron chi connectivity index (χ1n) is 6.49. The van der Waals surface area contributed by atoms with Crippen molar-refractivity contribution in [1.82, 2.24) is 19.7 Å². The lowest BCUT2D eigenvalue weighted by molar-refractivity contribution is 0.455. The van der Waals surface area contributed by atoms with Crippen LogP contribution in [-0.4, -0.2) is 21.4 Å². The molecule has 0 unspecified atom stereocenters. The minimum absolute atomic E-state index is 0.608. The zero-order chi connectivity index (χ0) is 13.9. The van der Waals surface area contributed by atoms with Gasteiger partial charge in [-0.25, -0.2) is 0 Å². The van der Waals surface area contributed by atoms with E-state index in [1.54, 1.807) is 6.20 Å². The molecule has 3 rings (SSSR count). The van der Waals surface area contributed by atoms with Gasteiger partial charge in [0, 0.05) is 18.4 Å². The van der Waals surface area contributed by atoms with Crippen molar-refractivity contribution in [1.29, 1.82) is 0 Å². The minimum atomic E-state index is 0.608. The van der Waals surface area contributed by atoms with E-state index in [4.69, 9.17) is 4.74 Å². The Morgan fingerprint density at radius 3 is 2.90 bits per heavy atom. The third-order valence-corrected chi connectivity index (χ3v) is 3.04. The fraction of sp³-hybridized carbons (Fsp3) is 0.200. The van der Waals surface area contributed by atoms with Crippen LogP contribution in [0.3, 0.4) is 0 Å². The number of nitrogens with zero attached hydrogens (tertiary/aromatic N) is 3. The summed E-state index contributed by atoms with van der Waals surface area (Å²) in [6, 6.07) is 9.71. The van der Waals surface area contributed by atoms with Gasteiger partial charge in [0.2, 0.25) is 5.88 Å². The smallest absolute Gasteiger partial charge is 0.242 e. The molecule has 0 aromatic carbocycles. The van der Waals surface area contributed by atoms with Gasteiger partial charge in [0.05, 0.1) is 6.20 Å². The first-order chi connectivity index (χ1) is 9.78. The molecule has 1 N–H and O–H groups in total. The molecule has 5 heteroatoms. The molecule has 5 nitrogen and oxygen atoms in total. The third-order valence-electron chi connectivity index (χ3n) is 3.04. The molecule has 0 spiro atoms. The fourth-order valence-corrected chi connectivity index (χ4v) is 2.06. The highest BCUT2D eigenvalue weighted by Gasteiger charge is 2.13. The number of hydrogen-bond acceptors (Lipinski definition) is 4. The quantitative estimate of drug-likeness (QED) is 0.790. The zero-order valence-electron chi connectivity index (χ0n) is 11.5. The summed E-state index contributed by atoms with van der Waals surface area (Å²) in [6.45, 7) is 2.63. The van der Waals surface area contributed by atoms with Gasteiger partial charge in [-0.05, 0) is 38.2 Å². The molecule has 0 saturated carbocycles. The van der Waals surface area contributed by atoms with Gasteiger partial charge >= 0.3 is 0 Å². The van der Waals surface area contributed by atoms with Gasteiger partial charge in [0.1, 0.15) is 17.1 Å². The van der Waals surface area contributed by atoms with Crippen LogP contribution in [0.4, 0.5) is 0 Å². The van der Waals surface area contributed by atoms with E-state index in [1.807, 2.05) is 54.9 Å². The maximum absolute atomic E-state index is 5.87. The number of rotatable bonds is 4. The second kappa shape index (κ2) is 5.30. The van der Waals surface area contributed by atoms with Crippen LogP contribution in [0, 0.1) is 6.92 Å². The van der Waals surface area contributed by atoms with Crippen molar-refractivity contribution in [3.05, 3.63) is 54.1 Å². The minimum Gasteiger partial charge on any atom is -0.436 e. The zero-order valence-corrected chi connectivity index (χ0v) is 11.5. The van der Waals surface area contributed by atoms with Crippen LogP contribution in [-0.2, 0) is 6.54 Å². The second-order valence-corrected chi connectivity index (χ2v) is 4.56. The van der Waals surface area contributed by atoms with Crippen LogP contribution in [0.1, 0.15) is 11.4 Å². The summed E-state index contributed by atoms with van der Waals surface area (Å²) in [4.78, 5) is 8.75. The second-order valence-electron chi connectivity index (χ2n) is 4.56. The van der Waals surface area contributed by atoms with Gasteiger partial charge in [-0.1, -0.05) is 6.07 Å². The molecular formula is C15H16N4O.